The van der Waals surface area contributed by atoms with Gasteiger partial charge in [0.15, 0.2) is 6.61 Å². The van der Waals surface area contributed by atoms with Gasteiger partial charge in [0, 0.05) is 12.0 Å². The molecular weight excluding hydrogens is 444 g/mol. The van der Waals surface area contributed by atoms with Crippen LogP contribution in [0.3, 0.4) is 0 Å². The highest BCUT2D eigenvalue weighted by molar-refractivity contribution is 5.96. The molecule has 0 spiro atoms. The van der Waals surface area contributed by atoms with E-state index in [4.69, 9.17) is 11.3 Å². The van der Waals surface area contributed by atoms with E-state index in [9.17, 15) is 19.8 Å². The summed E-state index contributed by atoms with van der Waals surface area (Å²) >= 11 is 0. The molecule has 7 nitrogen and oxygen atoms in total. The van der Waals surface area contributed by atoms with E-state index in [1.54, 1.807) is 0 Å². The number of carboxylic acid groups (broad SMARTS) is 1. The van der Waals surface area contributed by atoms with E-state index in [2.05, 4.69) is 31.0 Å². The monoisotopic (exact) mass is 482 g/mol. The smallest absolute Gasteiger partial charge is 0.326 e. The molecule has 1 heterocycles. The second kappa shape index (κ2) is 8.65. The van der Waals surface area contributed by atoms with Crippen molar-refractivity contribution in [3.8, 4) is 12.3 Å². The Bertz CT molecular complexity index is 1010. The Morgan fingerprint density at radius 3 is 2.69 bits per heavy atom. The largest absolute Gasteiger partial charge is 0.480 e. The van der Waals surface area contributed by atoms with E-state index in [-0.39, 0.29) is 23.3 Å². The van der Waals surface area contributed by atoms with Crippen LogP contribution in [0.4, 0.5) is 0 Å². The first-order valence-electron chi connectivity index (χ1n) is 13.3. The summed E-state index contributed by atoms with van der Waals surface area (Å²) in [6, 6.07) is -0.750. The Kier molecular flexibility index (Phi) is 6.03. The van der Waals surface area contributed by atoms with Crippen molar-refractivity contribution in [3.05, 3.63) is 11.6 Å². The predicted octanol–water partition coefficient (Wildman–Crippen LogP) is 3.76. The summed E-state index contributed by atoms with van der Waals surface area (Å²) in [5.41, 5.74) is 1.26. The minimum absolute atomic E-state index is 0.125. The van der Waals surface area contributed by atoms with Crippen LogP contribution in [0.2, 0.25) is 0 Å². The summed E-state index contributed by atoms with van der Waals surface area (Å²) in [4.78, 5) is 30.6. The third-order valence-corrected chi connectivity index (χ3v) is 10.6. The average molecular weight is 483 g/mol. The number of allylic oxidation sites excluding steroid dienone is 2. The molecule has 7 heteroatoms. The number of oxime groups is 1. The lowest BCUT2D eigenvalue weighted by molar-refractivity contribution is -0.150. The highest BCUT2D eigenvalue weighted by Gasteiger charge is 2.63. The second-order valence-electron chi connectivity index (χ2n) is 11.9. The van der Waals surface area contributed by atoms with Crippen LogP contribution in [0.15, 0.2) is 16.8 Å². The number of aliphatic carboxylic acids is 1. The van der Waals surface area contributed by atoms with Crippen molar-refractivity contribution < 1.29 is 24.6 Å². The zero-order valence-corrected chi connectivity index (χ0v) is 21.0. The van der Waals surface area contributed by atoms with E-state index in [1.165, 1.54) is 10.5 Å². The van der Waals surface area contributed by atoms with Crippen molar-refractivity contribution in [2.24, 2.45) is 33.7 Å². The summed E-state index contributed by atoms with van der Waals surface area (Å²) < 4.78 is 0. The number of aliphatic hydroxyl groups is 1. The van der Waals surface area contributed by atoms with Gasteiger partial charge in [0.2, 0.25) is 0 Å². The van der Waals surface area contributed by atoms with Crippen LogP contribution in [0, 0.1) is 40.9 Å². The molecule has 0 aromatic rings. The number of hydrogen-bond acceptors (Lipinski definition) is 5. The Morgan fingerprint density at radius 2 is 1.94 bits per heavy atom. The SMILES string of the molecule is C#C[C@@]1(O)CCC2C3CCC4=CC(=NOCC(=O)N5CCCC5C(=O)O)CC[C@]4(C)C3CC[C@@]21C. The fourth-order valence-corrected chi connectivity index (χ4v) is 8.47. The molecule has 5 rings (SSSR count). The van der Waals surface area contributed by atoms with Crippen LogP contribution >= 0.6 is 0 Å². The number of amides is 1. The number of fused-ring (bicyclic) bond motifs is 5. The number of carbonyl (C=O) groups excluding carboxylic acids is 1. The fourth-order valence-electron chi connectivity index (χ4n) is 8.47. The zero-order chi connectivity index (χ0) is 25.0. The molecule has 0 aromatic heterocycles. The van der Waals surface area contributed by atoms with Gasteiger partial charge < -0.3 is 20.0 Å². The van der Waals surface area contributed by atoms with Crippen LogP contribution in [0.25, 0.3) is 0 Å². The van der Waals surface area contributed by atoms with Crippen LogP contribution in [-0.2, 0) is 14.4 Å². The maximum Gasteiger partial charge on any atom is 0.326 e. The molecule has 1 saturated heterocycles. The van der Waals surface area contributed by atoms with Gasteiger partial charge in [-0.15, -0.1) is 6.42 Å². The topological polar surface area (TPSA) is 99.4 Å². The lowest BCUT2D eigenvalue weighted by Crippen LogP contribution is -2.54. The molecule has 4 aliphatic carbocycles. The number of carbonyl (C=O) groups is 2. The second-order valence-corrected chi connectivity index (χ2v) is 11.9. The van der Waals surface area contributed by atoms with Gasteiger partial charge in [0.25, 0.3) is 5.91 Å². The third kappa shape index (κ3) is 3.71. The Hall–Kier alpha value is -2.33. The van der Waals surface area contributed by atoms with E-state index in [0.29, 0.717) is 43.6 Å². The number of carboxylic acids is 1. The molecule has 190 valence electrons. The molecule has 0 radical (unpaired) electrons. The Labute approximate surface area is 208 Å². The van der Waals surface area contributed by atoms with Crippen LogP contribution < -0.4 is 0 Å². The molecule has 1 aliphatic heterocycles. The number of rotatable bonds is 4. The number of nitrogens with zero attached hydrogens (tertiary/aromatic N) is 2. The van der Waals surface area contributed by atoms with Gasteiger partial charge in [0.05, 0.1) is 5.71 Å². The molecule has 3 saturated carbocycles. The standard InChI is InChI=1S/C28H38N2O5/c1-4-28(34)14-11-22-20-8-7-18-16-19(9-12-26(18,2)21(20)10-13-27(22,28)3)29-35-17-24(31)30-15-5-6-23(30)25(32)33/h1,16,20-23,34H,5-15,17H2,2-3H3,(H,32,33)/t20?,21?,22?,23?,26-,27-,28+/m0/s1. The van der Waals surface area contributed by atoms with Crippen molar-refractivity contribution in [1.82, 2.24) is 4.90 Å². The van der Waals surface area contributed by atoms with E-state index in [0.717, 1.165) is 50.7 Å². The van der Waals surface area contributed by atoms with E-state index >= 15 is 0 Å². The Balaban J connectivity index is 1.25. The molecule has 1 amide bonds. The molecule has 7 atom stereocenters. The molecular formula is C28H38N2O5. The molecule has 35 heavy (non-hydrogen) atoms. The lowest BCUT2D eigenvalue weighted by atomic mass is 9.46. The molecule has 0 bridgehead atoms. The highest BCUT2D eigenvalue weighted by Crippen LogP contribution is 2.67. The minimum atomic E-state index is -0.972. The van der Waals surface area contributed by atoms with Crippen LogP contribution in [0.5, 0.6) is 0 Å². The molecule has 0 aromatic carbocycles. The first kappa shape index (κ1) is 24.4. The van der Waals surface area contributed by atoms with Gasteiger partial charge in [-0.2, -0.15) is 0 Å². The lowest BCUT2D eigenvalue weighted by Gasteiger charge is -2.58. The zero-order valence-electron chi connectivity index (χ0n) is 21.0. The van der Waals surface area contributed by atoms with Crippen molar-refractivity contribution in [3.63, 3.8) is 0 Å². The van der Waals surface area contributed by atoms with Gasteiger partial charge in [0.1, 0.15) is 11.6 Å². The summed E-state index contributed by atoms with van der Waals surface area (Å²) in [5.74, 6) is 3.14. The first-order chi connectivity index (χ1) is 16.6. The van der Waals surface area contributed by atoms with Gasteiger partial charge in [-0.1, -0.05) is 30.5 Å². The Morgan fingerprint density at radius 1 is 1.17 bits per heavy atom. The summed E-state index contributed by atoms with van der Waals surface area (Å²) in [7, 11) is 0. The van der Waals surface area contributed by atoms with E-state index < -0.39 is 17.6 Å². The van der Waals surface area contributed by atoms with Gasteiger partial charge in [-0.3, -0.25) is 4.79 Å². The number of terminal acetylenes is 1. The molecule has 4 fully saturated rings. The summed E-state index contributed by atoms with van der Waals surface area (Å²) in [6.07, 6.45) is 16.9. The fraction of sp³-hybridized carbons (Fsp3) is 0.750. The maximum absolute atomic E-state index is 12.4. The molecule has 5 aliphatic rings. The maximum atomic E-state index is 12.4. The minimum Gasteiger partial charge on any atom is -0.480 e. The normalized spacial score (nSPS) is 43.5. The molecule has 2 N–H and O–H groups in total. The number of likely N-dealkylation sites (tertiary alicyclic amines) is 1. The van der Waals surface area contributed by atoms with Crippen molar-refractivity contribution >= 4 is 17.6 Å². The van der Waals surface area contributed by atoms with Crippen LogP contribution in [-0.4, -0.2) is 57.5 Å². The molecule has 4 unspecified atom stereocenters. The summed E-state index contributed by atoms with van der Waals surface area (Å²) in [5, 5.41) is 24.7. The predicted molar refractivity (Wildman–Crippen MR) is 131 cm³/mol. The van der Waals surface area contributed by atoms with E-state index in [1.807, 2.05) is 0 Å². The third-order valence-electron chi connectivity index (χ3n) is 10.6. The van der Waals surface area contributed by atoms with Gasteiger partial charge in [-0.25, -0.2) is 4.79 Å². The van der Waals surface area contributed by atoms with Crippen molar-refractivity contribution in [2.75, 3.05) is 13.2 Å². The van der Waals surface area contributed by atoms with Gasteiger partial charge in [-0.05, 0) is 93.5 Å². The van der Waals surface area contributed by atoms with Gasteiger partial charge >= 0.3 is 5.97 Å². The quantitative estimate of drug-likeness (QED) is 0.470. The van der Waals surface area contributed by atoms with Crippen molar-refractivity contribution in [2.45, 2.75) is 89.7 Å². The average Bonchev–Trinajstić information content (AvgIpc) is 3.43. The van der Waals surface area contributed by atoms with Crippen LogP contribution in [0.1, 0.15) is 78.1 Å². The van der Waals surface area contributed by atoms with Crippen molar-refractivity contribution in [1.29, 1.82) is 0 Å². The number of hydrogen-bond donors (Lipinski definition) is 2. The summed E-state index contributed by atoms with van der Waals surface area (Å²) in [6.45, 7) is 4.86. The first-order valence-corrected chi connectivity index (χ1v) is 13.3. The highest BCUT2D eigenvalue weighted by atomic mass is 16.6.